The van der Waals surface area contributed by atoms with Gasteiger partial charge in [0.1, 0.15) is 0 Å². The summed E-state index contributed by atoms with van der Waals surface area (Å²) in [6.45, 7) is 2.26. The number of rotatable bonds is 6. The third kappa shape index (κ3) is 4.12. The highest BCUT2D eigenvalue weighted by molar-refractivity contribution is 5.91. The van der Waals surface area contributed by atoms with Crippen LogP contribution in [0, 0.1) is 0 Å². The number of carboxylic acids is 1. The number of carboxylic acid groups (broad SMARTS) is 1. The molecule has 0 bridgehead atoms. The van der Waals surface area contributed by atoms with E-state index < -0.39 is 23.3 Å². The normalized spacial score (nSPS) is 13.1. The number of methoxy groups -OCH3 is 1. The Morgan fingerprint density at radius 2 is 2.10 bits per heavy atom. The van der Waals surface area contributed by atoms with Crippen LogP contribution in [0.4, 0.5) is 18.9 Å². The highest BCUT2D eigenvalue weighted by Crippen LogP contribution is 2.33. The van der Waals surface area contributed by atoms with E-state index in [9.17, 15) is 18.0 Å². The van der Waals surface area contributed by atoms with Crippen molar-refractivity contribution in [3.8, 4) is 0 Å². The lowest BCUT2D eigenvalue weighted by Crippen LogP contribution is -2.24. The van der Waals surface area contributed by atoms with Crippen LogP contribution >= 0.6 is 0 Å². The van der Waals surface area contributed by atoms with Crippen LogP contribution in [-0.4, -0.2) is 30.8 Å². The molecule has 2 N–H and O–H groups in total. The molecule has 0 spiro atoms. The second-order valence-corrected chi connectivity index (χ2v) is 4.27. The zero-order chi connectivity index (χ0) is 15.3. The first-order valence-corrected chi connectivity index (χ1v) is 5.99. The fraction of sp³-hybridized carbons (Fsp3) is 0.462. The van der Waals surface area contributed by atoms with Crippen molar-refractivity contribution in [2.75, 3.05) is 19.0 Å². The maximum atomic E-state index is 12.7. The summed E-state index contributed by atoms with van der Waals surface area (Å²) in [6.07, 6.45) is -4.00. The molecule has 1 aromatic rings. The fourth-order valence-electron chi connectivity index (χ4n) is 1.76. The molecule has 0 amide bonds. The maximum absolute atomic E-state index is 12.7. The van der Waals surface area contributed by atoms with E-state index in [4.69, 9.17) is 9.84 Å². The summed E-state index contributed by atoms with van der Waals surface area (Å²) in [5.74, 6) is -1.61. The second kappa shape index (κ2) is 6.60. The van der Waals surface area contributed by atoms with E-state index >= 15 is 0 Å². The third-order valence-corrected chi connectivity index (χ3v) is 2.79. The molecule has 7 heteroatoms. The SMILES string of the molecule is CCC(COC)Nc1ccc(C(F)(F)F)c(C(=O)O)c1. The summed E-state index contributed by atoms with van der Waals surface area (Å²) >= 11 is 0. The topological polar surface area (TPSA) is 58.6 Å². The van der Waals surface area contributed by atoms with Crippen molar-refractivity contribution < 1.29 is 27.8 Å². The Bertz CT molecular complexity index is 474. The van der Waals surface area contributed by atoms with Crippen LogP contribution in [0.5, 0.6) is 0 Å². The van der Waals surface area contributed by atoms with Crippen LogP contribution in [0.2, 0.25) is 0 Å². The molecule has 0 heterocycles. The molecule has 0 aliphatic carbocycles. The lowest BCUT2D eigenvalue weighted by atomic mass is 10.1. The number of halogens is 3. The molecule has 0 aliphatic heterocycles. The van der Waals surface area contributed by atoms with Crippen LogP contribution in [0.1, 0.15) is 29.3 Å². The van der Waals surface area contributed by atoms with Gasteiger partial charge in [-0.25, -0.2) is 4.79 Å². The number of anilines is 1. The van der Waals surface area contributed by atoms with Crippen molar-refractivity contribution >= 4 is 11.7 Å². The first-order valence-electron chi connectivity index (χ1n) is 5.99. The minimum atomic E-state index is -4.69. The lowest BCUT2D eigenvalue weighted by Gasteiger charge is -2.18. The minimum Gasteiger partial charge on any atom is -0.478 e. The lowest BCUT2D eigenvalue weighted by molar-refractivity contribution is -0.138. The summed E-state index contributed by atoms with van der Waals surface area (Å²) in [4.78, 5) is 10.9. The third-order valence-electron chi connectivity index (χ3n) is 2.79. The molecule has 1 atom stereocenters. The molecule has 1 rings (SSSR count). The summed E-state index contributed by atoms with van der Waals surface area (Å²) in [5, 5.41) is 11.8. The molecule has 0 fully saturated rings. The van der Waals surface area contributed by atoms with Gasteiger partial charge in [0.05, 0.1) is 17.7 Å². The van der Waals surface area contributed by atoms with Gasteiger partial charge in [-0.1, -0.05) is 6.92 Å². The Labute approximate surface area is 114 Å². The van der Waals surface area contributed by atoms with Gasteiger partial charge in [0.25, 0.3) is 0 Å². The highest BCUT2D eigenvalue weighted by atomic mass is 19.4. The molecule has 0 aromatic heterocycles. The molecule has 1 aromatic carbocycles. The van der Waals surface area contributed by atoms with Crippen LogP contribution in [-0.2, 0) is 10.9 Å². The van der Waals surface area contributed by atoms with Crippen molar-refractivity contribution in [2.24, 2.45) is 0 Å². The van der Waals surface area contributed by atoms with Gasteiger partial charge in [0.15, 0.2) is 0 Å². The predicted octanol–water partition coefficient (Wildman–Crippen LogP) is 3.24. The standard InChI is InChI=1S/C13H16F3NO3/c1-3-8(7-20-2)17-9-4-5-11(13(14,15)16)10(6-9)12(18)19/h4-6,8,17H,3,7H2,1-2H3,(H,18,19). The molecule has 4 nitrogen and oxygen atoms in total. The van der Waals surface area contributed by atoms with E-state index in [2.05, 4.69) is 5.32 Å². The Balaban J connectivity index is 3.08. The monoisotopic (exact) mass is 291 g/mol. The van der Waals surface area contributed by atoms with Crippen LogP contribution in [0.3, 0.4) is 0 Å². The van der Waals surface area contributed by atoms with E-state index in [0.717, 1.165) is 12.1 Å². The van der Waals surface area contributed by atoms with E-state index in [1.807, 2.05) is 6.92 Å². The van der Waals surface area contributed by atoms with Crippen molar-refractivity contribution in [2.45, 2.75) is 25.6 Å². The average Bonchev–Trinajstić information content (AvgIpc) is 2.36. The van der Waals surface area contributed by atoms with Crippen LogP contribution < -0.4 is 5.32 Å². The largest absolute Gasteiger partial charge is 0.478 e. The molecule has 20 heavy (non-hydrogen) atoms. The first kappa shape index (κ1) is 16.3. The molecule has 1 unspecified atom stereocenters. The highest BCUT2D eigenvalue weighted by Gasteiger charge is 2.35. The van der Waals surface area contributed by atoms with E-state index in [-0.39, 0.29) is 6.04 Å². The maximum Gasteiger partial charge on any atom is 0.417 e. The zero-order valence-corrected chi connectivity index (χ0v) is 11.1. The smallest absolute Gasteiger partial charge is 0.417 e. The molecule has 0 saturated heterocycles. The first-order chi connectivity index (χ1) is 9.29. The van der Waals surface area contributed by atoms with Gasteiger partial charge in [-0.15, -0.1) is 0 Å². The zero-order valence-electron chi connectivity index (χ0n) is 11.1. The molecule has 0 aliphatic rings. The second-order valence-electron chi connectivity index (χ2n) is 4.27. The fourth-order valence-corrected chi connectivity index (χ4v) is 1.76. The number of nitrogens with one attached hydrogen (secondary N) is 1. The van der Waals surface area contributed by atoms with E-state index in [1.54, 1.807) is 0 Å². The minimum absolute atomic E-state index is 0.0987. The van der Waals surface area contributed by atoms with Gasteiger partial charge in [-0.3, -0.25) is 0 Å². The number of hydrogen-bond donors (Lipinski definition) is 2. The van der Waals surface area contributed by atoms with E-state index in [0.29, 0.717) is 18.7 Å². The van der Waals surface area contributed by atoms with Gasteiger partial charge in [0.2, 0.25) is 0 Å². The van der Waals surface area contributed by atoms with Gasteiger partial charge < -0.3 is 15.2 Å². The van der Waals surface area contributed by atoms with Crippen molar-refractivity contribution in [1.29, 1.82) is 0 Å². The Kier molecular flexibility index (Phi) is 5.38. The van der Waals surface area contributed by atoms with Gasteiger partial charge in [-0.05, 0) is 24.6 Å². The molecule has 112 valence electrons. The van der Waals surface area contributed by atoms with Crippen molar-refractivity contribution in [1.82, 2.24) is 0 Å². The molecular weight excluding hydrogens is 275 g/mol. The molecule has 0 radical (unpaired) electrons. The number of carbonyl (C=O) groups is 1. The number of benzene rings is 1. The summed E-state index contributed by atoms with van der Waals surface area (Å²) in [6, 6.07) is 2.88. The van der Waals surface area contributed by atoms with Crippen LogP contribution in [0.25, 0.3) is 0 Å². The number of hydrogen-bond acceptors (Lipinski definition) is 3. The molecular formula is C13H16F3NO3. The Hall–Kier alpha value is -1.76. The summed E-state index contributed by atoms with van der Waals surface area (Å²) in [7, 11) is 1.51. The van der Waals surface area contributed by atoms with Gasteiger partial charge >= 0.3 is 12.1 Å². The number of alkyl halides is 3. The predicted molar refractivity (Wildman–Crippen MR) is 68.0 cm³/mol. The van der Waals surface area contributed by atoms with Gasteiger partial charge in [0, 0.05) is 18.8 Å². The van der Waals surface area contributed by atoms with Crippen molar-refractivity contribution in [3.63, 3.8) is 0 Å². The summed E-state index contributed by atoms with van der Waals surface area (Å²) in [5.41, 5.74) is -1.61. The Morgan fingerprint density at radius 3 is 2.55 bits per heavy atom. The summed E-state index contributed by atoms with van der Waals surface area (Å²) < 4.78 is 43.0. The van der Waals surface area contributed by atoms with Crippen LogP contribution in [0.15, 0.2) is 18.2 Å². The van der Waals surface area contributed by atoms with Gasteiger partial charge in [-0.2, -0.15) is 13.2 Å². The number of ether oxygens (including phenoxy) is 1. The Morgan fingerprint density at radius 1 is 1.45 bits per heavy atom. The quantitative estimate of drug-likeness (QED) is 0.844. The van der Waals surface area contributed by atoms with Crippen molar-refractivity contribution in [3.05, 3.63) is 29.3 Å². The van der Waals surface area contributed by atoms with E-state index in [1.165, 1.54) is 13.2 Å². The average molecular weight is 291 g/mol. The number of aromatic carboxylic acids is 1. The molecule has 0 saturated carbocycles.